The average molecular weight is 329 g/mol. The highest BCUT2D eigenvalue weighted by atomic mass is 16.5. The molecule has 23 heavy (non-hydrogen) atoms. The number of Topliss-reactive ketones (excluding diaryl/α,β-unsaturated/α-hetero) is 1. The molecule has 0 radical (unpaired) electrons. The summed E-state index contributed by atoms with van der Waals surface area (Å²) in [6.07, 6.45) is 6.65. The summed E-state index contributed by atoms with van der Waals surface area (Å²) in [5.41, 5.74) is 0.708. The lowest BCUT2D eigenvalue weighted by Gasteiger charge is -2.17. The highest BCUT2D eigenvalue weighted by Gasteiger charge is 2.10. The Balaban J connectivity index is 3.30. The van der Waals surface area contributed by atoms with Crippen molar-refractivity contribution in [2.75, 3.05) is 26.4 Å². The van der Waals surface area contributed by atoms with Crippen LogP contribution in [0, 0.1) is 10.8 Å². The molecule has 0 amide bonds. The predicted octanol–water partition coefficient (Wildman–Crippen LogP) is 5.41. The summed E-state index contributed by atoms with van der Waals surface area (Å²) in [5, 5.41) is 0. The lowest BCUT2D eigenvalue weighted by molar-refractivity contribution is -0.119. The number of ketones is 1. The van der Waals surface area contributed by atoms with E-state index in [1.165, 1.54) is 6.42 Å². The van der Waals surface area contributed by atoms with Crippen LogP contribution in [-0.2, 0) is 14.3 Å². The Hall–Kier alpha value is -0.410. The summed E-state index contributed by atoms with van der Waals surface area (Å²) in [5.74, 6) is 0.379. The molecule has 0 atom stereocenters. The van der Waals surface area contributed by atoms with Crippen LogP contribution in [0.2, 0.25) is 0 Å². The van der Waals surface area contributed by atoms with Gasteiger partial charge in [0, 0.05) is 26.1 Å². The Bertz CT molecular complexity index is 297. The molecule has 138 valence electrons. The lowest BCUT2D eigenvalue weighted by Crippen LogP contribution is -2.12. The smallest absolute Gasteiger partial charge is 0.132 e. The molecule has 3 nitrogen and oxygen atoms in total. The van der Waals surface area contributed by atoms with Crippen LogP contribution in [0.1, 0.15) is 86.5 Å². The Morgan fingerprint density at radius 1 is 0.652 bits per heavy atom. The minimum Gasteiger partial charge on any atom is -0.379 e. The van der Waals surface area contributed by atoms with Gasteiger partial charge in [0.2, 0.25) is 0 Å². The van der Waals surface area contributed by atoms with Crippen LogP contribution in [-0.4, -0.2) is 32.2 Å². The van der Waals surface area contributed by atoms with E-state index in [2.05, 4.69) is 41.5 Å². The molecule has 0 aliphatic rings. The van der Waals surface area contributed by atoms with Gasteiger partial charge in [0.05, 0.1) is 13.2 Å². The maximum Gasteiger partial charge on any atom is 0.132 e. The maximum atomic E-state index is 11.8. The van der Waals surface area contributed by atoms with Gasteiger partial charge in [0.25, 0.3) is 0 Å². The zero-order valence-corrected chi connectivity index (χ0v) is 16.5. The van der Waals surface area contributed by atoms with E-state index in [4.69, 9.17) is 9.47 Å². The number of hydrogen-bond acceptors (Lipinski definition) is 3. The van der Waals surface area contributed by atoms with Gasteiger partial charge in [-0.2, -0.15) is 0 Å². The summed E-state index contributed by atoms with van der Waals surface area (Å²) in [4.78, 5) is 11.8. The van der Waals surface area contributed by atoms with Crippen LogP contribution in [0.4, 0.5) is 0 Å². The first kappa shape index (κ1) is 22.6. The summed E-state index contributed by atoms with van der Waals surface area (Å²) in [6.45, 7) is 16.1. The van der Waals surface area contributed by atoms with Crippen LogP contribution in [0.5, 0.6) is 0 Å². The molecular formula is C20H40O3. The third-order valence-corrected chi connectivity index (χ3v) is 3.75. The van der Waals surface area contributed by atoms with E-state index in [1.54, 1.807) is 0 Å². The normalized spacial score (nSPS) is 12.6. The monoisotopic (exact) mass is 328 g/mol. The molecule has 0 spiro atoms. The molecule has 0 aliphatic heterocycles. The van der Waals surface area contributed by atoms with Crippen LogP contribution in [0.3, 0.4) is 0 Å². The second-order valence-electron chi connectivity index (χ2n) is 8.95. The maximum absolute atomic E-state index is 11.8. The fourth-order valence-electron chi connectivity index (χ4n) is 2.17. The molecule has 0 saturated heterocycles. The molecule has 0 unspecified atom stereocenters. The molecular weight excluding hydrogens is 288 g/mol. The van der Waals surface area contributed by atoms with E-state index in [1.807, 2.05) is 0 Å². The van der Waals surface area contributed by atoms with Crippen molar-refractivity contribution in [3.63, 3.8) is 0 Å². The molecule has 0 aromatic carbocycles. The number of rotatable bonds is 13. The van der Waals surface area contributed by atoms with E-state index in [0.29, 0.717) is 42.9 Å². The van der Waals surface area contributed by atoms with Gasteiger partial charge in [-0.1, -0.05) is 48.0 Å². The van der Waals surface area contributed by atoms with Gasteiger partial charge in [-0.3, -0.25) is 4.79 Å². The van der Waals surface area contributed by atoms with E-state index in [0.717, 1.165) is 38.7 Å². The van der Waals surface area contributed by atoms with Crippen molar-refractivity contribution >= 4 is 5.78 Å². The zero-order chi connectivity index (χ0) is 17.8. The van der Waals surface area contributed by atoms with Crippen molar-refractivity contribution in [3.8, 4) is 0 Å². The number of carbonyl (C=O) groups is 1. The number of ether oxygens (including phenoxy) is 2. The molecule has 0 N–H and O–H groups in total. The molecule has 0 bridgehead atoms. The molecule has 0 rings (SSSR count). The SMILES string of the molecule is CC(C)(C)CCCCC(=O)CCCOCCOCCC(C)(C)C. The van der Waals surface area contributed by atoms with Crippen LogP contribution in [0.15, 0.2) is 0 Å². The summed E-state index contributed by atoms with van der Waals surface area (Å²) < 4.78 is 11.0. The number of unbranched alkanes of at least 4 members (excludes halogenated alkanes) is 1. The van der Waals surface area contributed by atoms with Gasteiger partial charge < -0.3 is 9.47 Å². The molecule has 0 saturated carbocycles. The van der Waals surface area contributed by atoms with E-state index < -0.39 is 0 Å². The van der Waals surface area contributed by atoms with Gasteiger partial charge in [-0.25, -0.2) is 0 Å². The second-order valence-corrected chi connectivity index (χ2v) is 8.95. The van der Waals surface area contributed by atoms with E-state index in [-0.39, 0.29) is 0 Å². The summed E-state index contributed by atoms with van der Waals surface area (Å²) >= 11 is 0. The van der Waals surface area contributed by atoms with Crippen LogP contribution < -0.4 is 0 Å². The minimum absolute atomic E-state index is 0.327. The second kappa shape index (κ2) is 12.0. The third-order valence-electron chi connectivity index (χ3n) is 3.75. The average Bonchev–Trinajstić information content (AvgIpc) is 2.39. The van der Waals surface area contributed by atoms with E-state index in [9.17, 15) is 4.79 Å². The quantitative estimate of drug-likeness (QED) is 0.424. The number of carbonyl (C=O) groups excluding carboxylic acids is 1. The van der Waals surface area contributed by atoms with Gasteiger partial charge in [0.1, 0.15) is 5.78 Å². The first-order valence-corrected chi connectivity index (χ1v) is 9.27. The van der Waals surface area contributed by atoms with Crippen molar-refractivity contribution in [3.05, 3.63) is 0 Å². The zero-order valence-electron chi connectivity index (χ0n) is 16.5. The fraction of sp³-hybridized carbons (Fsp3) is 0.950. The Kier molecular flexibility index (Phi) is 11.8. The molecule has 0 aromatic rings. The van der Waals surface area contributed by atoms with Crippen LogP contribution >= 0.6 is 0 Å². The fourth-order valence-corrected chi connectivity index (χ4v) is 2.17. The van der Waals surface area contributed by atoms with Gasteiger partial charge in [-0.05, 0) is 36.5 Å². The van der Waals surface area contributed by atoms with Gasteiger partial charge in [-0.15, -0.1) is 0 Å². The molecule has 0 aromatic heterocycles. The van der Waals surface area contributed by atoms with E-state index >= 15 is 0 Å². The van der Waals surface area contributed by atoms with Gasteiger partial charge >= 0.3 is 0 Å². The Morgan fingerprint density at radius 2 is 1.17 bits per heavy atom. The third kappa shape index (κ3) is 19.5. The van der Waals surface area contributed by atoms with Crippen molar-refractivity contribution in [2.24, 2.45) is 10.8 Å². The number of hydrogen-bond donors (Lipinski definition) is 0. The highest BCUT2D eigenvalue weighted by molar-refractivity contribution is 5.78. The van der Waals surface area contributed by atoms with Crippen molar-refractivity contribution in [2.45, 2.75) is 86.5 Å². The van der Waals surface area contributed by atoms with Gasteiger partial charge in [0.15, 0.2) is 0 Å². The highest BCUT2D eigenvalue weighted by Crippen LogP contribution is 2.22. The Morgan fingerprint density at radius 3 is 1.74 bits per heavy atom. The molecule has 3 heteroatoms. The molecule has 0 aliphatic carbocycles. The van der Waals surface area contributed by atoms with Crippen LogP contribution in [0.25, 0.3) is 0 Å². The first-order valence-electron chi connectivity index (χ1n) is 9.27. The largest absolute Gasteiger partial charge is 0.379 e. The summed E-state index contributed by atoms with van der Waals surface area (Å²) in [7, 11) is 0. The lowest BCUT2D eigenvalue weighted by atomic mass is 9.89. The Labute approximate surface area is 144 Å². The predicted molar refractivity (Wildman–Crippen MR) is 97.9 cm³/mol. The molecule has 0 fully saturated rings. The standard InChI is InChI=1S/C20H40O3/c1-19(2,3)12-8-7-10-18(21)11-9-14-22-16-17-23-15-13-20(4,5)6/h7-17H2,1-6H3. The van der Waals surface area contributed by atoms with Crippen molar-refractivity contribution in [1.82, 2.24) is 0 Å². The topological polar surface area (TPSA) is 35.5 Å². The van der Waals surface area contributed by atoms with Crippen molar-refractivity contribution < 1.29 is 14.3 Å². The summed E-state index contributed by atoms with van der Waals surface area (Å²) in [6, 6.07) is 0. The first-order chi connectivity index (χ1) is 10.6. The molecule has 0 heterocycles. The minimum atomic E-state index is 0.327. The van der Waals surface area contributed by atoms with Crippen molar-refractivity contribution in [1.29, 1.82) is 0 Å².